The topological polar surface area (TPSA) is 29.5 Å². The fourth-order valence-corrected chi connectivity index (χ4v) is 2.38. The van der Waals surface area contributed by atoms with Crippen molar-refractivity contribution in [3.05, 3.63) is 51.5 Å². The quantitative estimate of drug-likeness (QED) is 0.873. The number of benzene rings is 1. The Morgan fingerprint density at radius 3 is 3.00 bits per heavy atom. The molecule has 104 valence electrons. The second kappa shape index (κ2) is 7.09. The average molecular weight is 290 g/mol. The second-order valence-corrected chi connectivity index (χ2v) is 5.26. The third-order valence-corrected chi connectivity index (χ3v) is 3.55. The van der Waals surface area contributed by atoms with E-state index in [2.05, 4.69) is 11.8 Å². The molecule has 0 bridgehead atoms. The number of halogens is 1. The minimum Gasteiger partial charge on any atom is -0.485 e. The molecule has 0 spiro atoms. The van der Waals surface area contributed by atoms with E-state index in [0.717, 1.165) is 16.0 Å². The first-order valence-electron chi connectivity index (χ1n) is 6.25. The van der Waals surface area contributed by atoms with Crippen LogP contribution >= 0.6 is 11.3 Å². The number of aliphatic hydroxyl groups is 1. The van der Waals surface area contributed by atoms with Crippen LogP contribution in [-0.4, -0.2) is 11.7 Å². The van der Waals surface area contributed by atoms with Gasteiger partial charge in [0.25, 0.3) is 0 Å². The maximum absolute atomic E-state index is 13.6. The van der Waals surface area contributed by atoms with Crippen molar-refractivity contribution in [3.8, 4) is 17.6 Å². The van der Waals surface area contributed by atoms with E-state index in [1.54, 1.807) is 12.1 Å². The first-order chi connectivity index (χ1) is 9.70. The average Bonchev–Trinajstić information content (AvgIpc) is 2.88. The van der Waals surface area contributed by atoms with Crippen LogP contribution in [0.4, 0.5) is 4.39 Å². The van der Waals surface area contributed by atoms with Crippen LogP contribution in [0.3, 0.4) is 0 Å². The largest absolute Gasteiger partial charge is 0.485 e. The number of aryl methyl sites for hydroxylation is 1. The summed E-state index contributed by atoms with van der Waals surface area (Å²) in [7, 11) is 0. The molecule has 0 aliphatic rings. The Morgan fingerprint density at radius 1 is 1.35 bits per heavy atom. The van der Waals surface area contributed by atoms with E-state index >= 15 is 0 Å². The van der Waals surface area contributed by atoms with E-state index in [9.17, 15) is 4.39 Å². The summed E-state index contributed by atoms with van der Waals surface area (Å²) in [5.74, 6) is 5.75. The normalized spacial score (nSPS) is 9.95. The number of ether oxygens (including phenoxy) is 1. The number of hydrogen-bond acceptors (Lipinski definition) is 3. The summed E-state index contributed by atoms with van der Waals surface area (Å²) in [6.07, 6.45) is 0.447. The molecule has 2 rings (SSSR count). The number of hydrogen-bond donors (Lipinski definition) is 1. The van der Waals surface area contributed by atoms with Crippen molar-refractivity contribution in [1.29, 1.82) is 0 Å². The van der Waals surface area contributed by atoms with E-state index < -0.39 is 0 Å². The van der Waals surface area contributed by atoms with Gasteiger partial charge >= 0.3 is 0 Å². The minimum atomic E-state index is -0.361. The van der Waals surface area contributed by atoms with Crippen LogP contribution in [0.5, 0.6) is 5.75 Å². The van der Waals surface area contributed by atoms with Gasteiger partial charge in [-0.1, -0.05) is 17.9 Å². The van der Waals surface area contributed by atoms with E-state index in [0.29, 0.717) is 13.0 Å². The molecule has 0 atom stereocenters. The van der Waals surface area contributed by atoms with E-state index in [-0.39, 0.29) is 18.2 Å². The van der Waals surface area contributed by atoms with Crippen molar-refractivity contribution in [2.45, 2.75) is 20.0 Å². The Morgan fingerprint density at radius 2 is 2.20 bits per heavy atom. The molecule has 4 heteroatoms. The predicted molar refractivity (Wildman–Crippen MR) is 78.4 cm³/mol. The number of rotatable bonds is 4. The fourth-order valence-electron chi connectivity index (χ4n) is 1.64. The Hall–Kier alpha value is -1.83. The third kappa shape index (κ3) is 3.83. The van der Waals surface area contributed by atoms with Gasteiger partial charge in [0.15, 0.2) is 11.6 Å². The standard InChI is InChI=1S/C16H15FO2S/c1-12-5-6-14(17)15(10-12)19-11-16-13(7-9-20-16)4-2-3-8-18/h5-7,9-10,18H,3,8,11H2,1H3. The number of thiophene rings is 1. The van der Waals surface area contributed by atoms with Gasteiger partial charge in [0.1, 0.15) is 6.61 Å². The molecule has 0 radical (unpaired) electrons. The molecule has 2 aromatic rings. The van der Waals surface area contributed by atoms with Crippen molar-refractivity contribution in [2.75, 3.05) is 6.61 Å². The van der Waals surface area contributed by atoms with Gasteiger partial charge in [-0.3, -0.25) is 0 Å². The van der Waals surface area contributed by atoms with Crippen LogP contribution in [0, 0.1) is 24.6 Å². The molecule has 20 heavy (non-hydrogen) atoms. The lowest BCUT2D eigenvalue weighted by atomic mass is 10.2. The zero-order valence-electron chi connectivity index (χ0n) is 11.1. The van der Waals surface area contributed by atoms with Gasteiger partial charge in [-0.15, -0.1) is 11.3 Å². The lowest BCUT2D eigenvalue weighted by Crippen LogP contribution is -1.97. The monoisotopic (exact) mass is 290 g/mol. The molecule has 0 aliphatic carbocycles. The lowest BCUT2D eigenvalue weighted by molar-refractivity contribution is 0.293. The summed E-state index contributed by atoms with van der Waals surface area (Å²) in [4.78, 5) is 0.955. The molecule has 1 N–H and O–H groups in total. The SMILES string of the molecule is Cc1ccc(F)c(OCc2sccc2C#CCCO)c1. The smallest absolute Gasteiger partial charge is 0.165 e. The van der Waals surface area contributed by atoms with E-state index in [1.165, 1.54) is 17.4 Å². The maximum Gasteiger partial charge on any atom is 0.165 e. The first kappa shape index (κ1) is 14.6. The Labute approximate surface area is 121 Å². The highest BCUT2D eigenvalue weighted by molar-refractivity contribution is 7.10. The summed E-state index contributed by atoms with van der Waals surface area (Å²) < 4.78 is 19.1. The molecule has 1 aromatic carbocycles. The highest BCUT2D eigenvalue weighted by atomic mass is 32.1. The molecule has 0 unspecified atom stereocenters. The van der Waals surface area contributed by atoms with Gasteiger partial charge in [-0.2, -0.15) is 0 Å². The van der Waals surface area contributed by atoms with Crippen molar-refractivity contribution < 1.29 is 14.2 Å². The lowest BCUT2D eigenvalue weighted by Gasteiger charge is -2.07. The maximum atomic E-state index is 13.6. The number of aliphatic hydroxyl groups excluding tert-OH is 1. The van der Waals surface area contributed by atoms with Crippen LogP contribution in [0.1, 0.15) is 22.4 Å². The van der Waals surface area contributed by atoms with Gasteiger partial charge in [0.2, 0.25) is 0 Å². The highest BCUT2D eigenvalue weighted by Crippen LogP contribution is 2.22. The molecule has 0 saturated carbocycles. The van der Waals surface area contributed by atoms with Crippen molar-refractivity contribution in [1.82, 2.24) is 0 Å². The Bertz CT molecular complexity index is 637. The van der Waals surface area contributed by atoms with Crippen LogP contribution in [0.2, 0.25) is 0 Å². The van der Waals surface area contributed by atoms with Crippen LogP contribution in [0.15, 0.2) is 29.6 Å². The zero-order chi connectivity index (χ0) is 14.4. The Kier molecular flexibility index (Phi) is 5.16. The Balaban J connectivity index is 2.06. The summed E-state index contributed by atoms with van der Waals surface area (Å²) >= 11 is 1.52. The molecule has 1 heterocycles. The molecule has 0 fully saturated rings. The molecule has 0 amide bonds. The zero-order valence-corrected chi connectivity index (χ0v) is 12.0. The van der Waals surface area contributed by atoms with Gasteiger partial charge in [0.05, 0.1) is 11.5 Å². The molecule has 0 saturated heterocycles. The van der Waals surface area contributed by atoms with Crippen LogP contribution in [0.25, 0.3) is 0 Å². The summed E-state index contributed by atoms with van der Waals surface area (Å²) in [6, 6.07) is 6.70. The van der Waals surface area contributed by atoms with Crippen LogP contribution in [-0.2, 0) is 6.61 Å². The van der Waals surface area contributed by atoms with Gasteiger partial charge < -0.3 is 9.84 Å². The van der Waals surface area contributed by atoms with E-state index in [4.69, 9.17) is 9.84 Å². The molecular formula is C16H15FO2S. The van der Waals surface area contributed by atoms with Gasteiger partial charge in [-0.25, -0.2) is 4.39 Å². The molecule has 2 nitrogen and oxygen atoms in total. The fraction of sp³-hybridized carbons (Fsp3) is 0.250. The third-order valence-electron chi connectivity index (χ3n) is 2.65. The van der Waals surface area contributed by atoms with Crippen molar-refractivity contribution >= 4 is 11.3 Å². The van der Waals surface area contributed by atoms with Gasteiger partial charge in [-0.05, 0) is 36.1 Å². The summed E-state index contributed by atoms with van der Waals surface area (Å²) in [5, 5.41) is 10.6. The predicted octanol–water partition coefficient (Wildman–Crippen LogP) is 3.51. The van der Waals surface area contributed by atoms with Gasteiger partial charge in [0, 0.05) is 12.0 Å². The van der Waals surface area contributed by atoms with Crippen molar-refractivity contribution in [2.24, 2.45) is 0 Å². The minimum absolute atomic E-state index is 0.0530. The molecule has 1 aromatic heterocycles. The molecule has 0 aliphatic heterocycles. The van der Waals surface area contributed by atoms with E-state index in [1.807, 2.05) is 18.4 Å². The van der Waals surface area contributed by atoms with Crippen molar-refractivity contribution in [3.63, 3.8) is 0 Å². The highest BCUT2D eigenvalue weighted by Gasteiger charge is 2.07. The first-order valence-corrected chi connectivity index (χ1v) is 7.13. The summed E-state index contributed by atoms with van der Waals surface area (Å²) in [6.45, 7) is 2.24. The van der Waals surface area contributed by atoms with Crippen LogP contribution < -0.4 is 4.74 Å². The second-order valence-electron chi connectivity index (χ2n) is 4.26. The molecular weight excluding hydrogens is 275 g/mol. The summed E-state index contributed by atoms with van der Waals surface area (Å²) in [5.41, 5.74) is 1.83.